The second-order valence-electron chi connectivity index (χ2n) is 7.76. The minimum absolute atomic E-state index is 0.227. The predicted octanol–water partition coefficient (Wildman–Crippen LogP) is 6.46. The molecule has 0 amide bonds. The molecule has 1 N–H and O–H groups in total. The molecule has 27 heavy (non-hydrogen) atoms. The molecule has 2 aromatic carbocycles. The first-order valence-corrected chi connectivity index (χ1v) is 9.20. The molecule has 1 atom stereocenters. The fourth-order valence-corrected chi connectivity index (χ4v) is 3.40. The smallest absolute Gasteiger partial charge is 0.416 e. The van der Waals surface area contributed by atoms with E-state index in [4.69, 9.17) is 0 Å². The van der Waals surface area contributed by atoms with Crippen LogP contribution in [0.1, 0.15) is 61.6 Å². The monoisotopic (exact) mass is 376 g/mol. The van der Waals surface area contributed by atoms with Gasteiger partial charge in [-0.3, -0.25) is 4.79 Å². The van der Waals surface area contributed by atoms with Crippen LogP contribution in [0.25, 0.3) is 11.1 Å². The van der Waals surface area contributed by atoms with E-state index in [1.165, 1.54) is 12.1 Å². The van der Waals surface area contributed by atoms with Crippen molar-refractivity contribution in [3.8, 4) is 11.1 Å². The summed E-state index contributed by atoms with van der Waals surface area (Å²) < 4.78 is 38.4. The molecule has 1 saturated carbocycles. The summed E-state index contributed by atoms with van der Waals surface area (Å²) in [5.74, 6) is -0.830. The maximum Gasteiger partial charge on any atom is 0.416 e. The van der Waals surface area contributed by atoms with E-state index in [0.29, 0.717) is 17.9 Å². The Kier molecular flexibility index (Phi) is 5.31. The van der Waals surface area contributed by atoms with Gasteiger partial charge in [-0.2, -0.15) is 13.2 Å². The Morgan fingerprint density at radius 2 is 1.70 bits per heavy atom. The largest absolute Gasteiger partial charge is 0.481 e. The number of aliphatic carboxylic acids is 1. The van der Waals surface area contributed by atoms with Crippen molar-refractivity contribution < 1.29 is 23.1 Å². The summed E-state index contributed by atoms with van der Waals surface area (Å²) in [4.78, 5) is 11.8. The molecule has 5 heteroatoms. The van der Waals surface area contributed by atoms with Crippen LogP contribution in [0.15, 0.2) is 42.5 Å². The summed E-state index contributed by atoms with van der Waals surface area (Å²) in [7, 11) is 0. The lowest BCUT2D eigenvalue weighted by atomic mass is 9.86. The molecule has 0 spiro atoms. The zero-order chi connectivity index (χ0) is 19.8. The highest BCUT2D eigenvalue weighted by Crippen LogP contribution is 2.43. The molecule has 3 rings (SSSR count). The van der Waals surface area contributed by atoms with E-state index < -0.39 is 23.6 Å². The molecule has 1 fully saturated rings. The minimum atomic E-state index is -4.37. The lowest BCUT2D eigenvalue weighted by Gasteiger charge is -2.18. The van der Waals surface area contributed by atoms with Gasteiger partial charge in [-0.15, -0.1) is 0 Å². The highest BCUT2D eigenvalue weighted by atomic mass is 19.4. The Balaban J connectivity index is 2.02. The van der Waals surface area contributed by atoms with Gasteiger partial charge < -0.3 is 5.11 Å². The standard InChI is InChI=1S/C22H23F3O2/c1-13(2)9-20(21(26)27)18-11-16(14-3-4-14)10-17(12-18)15-5-7-19(8-6-15)22(23,24)25/h5-8,10-14,20H,3-4,9H2,1-2H3,(H,26,27). The van der Waals surface area contributed by atoms with E-state index in [9.17, 15) is 23.1 Å². The Hall–Kier alpha value is -2.30. The van der Waals surface area contributed by atoms with Gasteiger partial charge in [0.2, 0.25) is 0 Å². The molecule has 0 radical (unpaired) electrons. The molecule has 1 aliphatic rings. The van der Waals surface area contributed by atoms with Crippen LogP contribution in [0, 0.1) is 5.92 Å². The summed E-state index contributed by atoms with van der Waals surface area (Å²) in [6.07, 6.45) is -1.71. The van der Waals surface area contributed by atoms with Crippen molar-refractivity contribution in [2.24, 2.45) is 5.92 Å². The zero-order valence-electron chi connectivity index (χ0n) is 15.4. The average molecular weight is 376 g/mol. The van der Waals surface area contributed by atoms with E-state index in [1.54, 1.807) is 0 Å². The maximum absolute atomic E-state index is 12.8. The molecule has 0 aliphatic heterocycles. The number of carboxylic acids is 1. The van der Waals surface area contributed by atoms with E-state index in [0.717, 1.165) is 41.7 Å². The highest BCUT2D eigenvalue weighted by molar-refractivity contribution is 5.78. The Morgan fingerprint density at radius 1 is 1.07 bits per heavy atom. The van der Waals surface area contributed by atoms with Crippen LogP contribution < -0.4 is 0 Å². The molecule has 2 aromatic rings. The summed E-state index contributed by atoms with van der Waals surface area (Å²) in [6.45, 7) is 3.97. The Bertz CT molecular complexity index is 818. The quantitative estimate of drug-likeness (QED) is 0.628. The van der Waals surface area contributed by atoms with Crippen molar-refractivity contribution in [1.82, 2.24) is 0 Å². The first-order chi connectivity index (χ1) is 12.6. The molecule has 1 unspecified atom stereocenters. The van der Waals surface area contributed by atoms with Crippen molar-refractivity contribution in [1.29, 1.82) is 0 Å². The van der Waals surface area contributed by atoms with Crippen LogP contribution in [-0.2, 0) is 11.0 Å². The van der Waals surface area contributed by atoms with Gasteiger partial charge in [0.1, 0.15) is 0 Å². The lowest BCUT2D eigenvalue weighted by molar-refractivity contribution is -0.139. The molecule has 0 saturated heterocycles. The molecule has 1 aliphatic carbocycles. The normalized spacial score (nSPS) is 15.8. The molecule has 2 nitrogen and oxygen atoms in total. The van der Waals surface area contributed by atoms with Crippen molar-refractivity contribution in [2.45, 2.75) is 51.1 Å². The van der Waals surface area contributed by atoms with Crippen LogP contribution in [0.3, 0.4) is 0 Å². The summed E-state index contributed by atoms with van der Waals surface area (Å²) in [6, 6.07) is 10.8. The van der Waals surface area contributed by atoms with Gasteiger partial charge in [-0.05, 0) is 65.5 Å². The number of alkyl halides is 3. The van der Waals surface area contributed by atoms with Crippen LogP contribution >= 0.6 is 0 Å². The number of halogens is 3. The molecule has 0 bridgehead atoms. The van der Waals surface area contributed by atoms with Crippen molar-refractivity contribution in [3.63, 3.8) is 0 Å². The zero-order valence-corrected chi connectivity index (χ0v) is 15.4. The number of carboxylic acid groups (broad SMARTS) is 1. The average Bonchev–Trinajstić information content (AvgIpc) is 3.43. The fraction of sp³-hybridized carbons (Fsp3) is 0.409. The molecular weight excluding hydrogens is 353 g/mol. The topological polar surface area (TPSA) is 37.3 Å². The summed E-state index contributed by atoms with van der Waals surface area (Å²) >= 11 is 0. The Morgan fingerprint density at radius 3 is 2.19 bits per heavy atom. The van der Waals surface area contributed by atoms with Gasteiger partial charge >= 0.3 is 12.1 Å². The van der Waals surface area contributed by atoms with Gasteiger partial charge in [-0.25, -0.2) is 0 Å². The maximum atomic E-state index is 12.8. The molecule has 0 heterocycles. The number of rotatable bonds is 6. The van der Waals surface area contributed by atoms with E-state index in [-0.39, 0.29) is 5.92 Å². The summed E-state index contributed by atoms with van der Waals surface area (Å²) in [5, 5.41) is 9.68. The Labute approximate surface area is 157 Å². The van der Waals surface area contributed by atoms with Crippen LogP contribution in [-0.4, -0.2) is 11.1 Å². The van der Waals surface area contributed by atoms with Gasteiger partial charge in [-0.1, -0.05) is 44.2 Å². The number of hydrogen-bond donors (Lipinski definition) is 1. The number of carbonyl (C=O) groups is 1. The molecular formula is C22H23F3O2. The second-order valence-corrected chi connectivity index (χ2v) is 7.76. The SMILES string of the molecule is CC(C)CC(C(=O)O)c1cc(-c2ccc(C(F)(F)F)cc2)cc(C2CC2)c1. The van der Waals surface area contributed by atoms with E-state index >= 15 is 0 Å². The highest BCUT2D eigenvalue weighted by Gasteiger charge is 2.30. The van der Waals surface area contributed by atoms with Gasteiger partial charge in [0.25, 0.3) is 0 Å². The third-order valence-corrected chi connectivity index (χ3v) is 4.98. The van der Waals surface area contributed by atoms with Crippen molar-refractivity contribution >= 4 is 5.97 Å². The molecule has 0 aromatic heterocycles. The van der Waals surface area contributed by atoms with E-state index in [2.05, 4.69) is 0 Å². The third kappa shape index (κ3) is 4.71. The second kappa shape index (κ2) is 7.37. The third-order valence-electron chi connectivity index (χ3n) is 4.98. The lowest BCUT2D eigenvalue weighted by Crippen LogP contribution is -2.14. The fourth-order valence-electron chi connectivity index (χ4n) is 3.40. The van der Waals surface area contributed by atoms with Crippen LogP contribution in [0.4, 0.5) is 13.2 Å². The summed E-state index contributed by atoms with van der Waals surface area (Å²) in [5.41, 5.74) is 2.57. The van der Waals surface area contributed by atoms with Gasteiger partial charge in [0, 0.05) is 0 Å². The minimum Gasteiger partial charge on any atom is -0.481 e. The molecule has 144 valence electrons. The predicted molar refractivity (Wildman–Crippen MR) is 98.7 cm³/mol. The van der Waals surface area contributed by atoms with Gasteiger partial charge in [0.15, 0.2) is 0 Å². The van der Waals surface area contributed by atoms with Crippen molar-refractivity contribution in [2.75, 3.05) is 0 Å². The van der Waals surface area contributed by atoms with E-state index in [1.807, 2.05) is 32.0 Å². The van der Waals surface area contributed by atoms with Gasteiger partial charge in [0.05, 0.1) is 11.5 Å². The number of benzene rings is 2. The van der Waals surface area contributed by atoms with Crippen molar-refractivity contribution in [3.05, 3.63) is 59.2 Å². The van der Waals surface area contributed by atoms with Crippen LogP contribution in [0.2, 0.25) is 0 Å². The number of hydrogen-bond acceptors (Lipinski definition) is 1. The first-order valence-electron chi connectivity index (χ1n) is 9.20. The first kappa shape index (κ1) is 19.5. The van der Waals surface area contributed by atoms with Crippen LogP contribution in [0.5, 0.6) is 0 Å².